The number of hydrogen-bond acceptors (Lipinski definition) is 5. The van der Waals surface area contributed by atoms with Crippen molar-refractivity contribution in [3.8, 4) is 11.1 Å². The largest absolute Gasteiger partial charge is 0.481 e. The fourth-order valence-corrected chi connectivity index (χ4v) is 5.47. The smallest absolute Gasteiger partial charge is 0.407 e. The average Bonchev–Trinajstić information content (AvgIpc) is 3.29. The van der Waals surface area contributed by atoms with Crippen LogP contribution in [0.5, 0.6) is 0 Å². The lowest BCUT2D eigenvalue weighted by Crippen LogP contribution is -2.39. The molecule has 0 bridgehead atoms. The van der Waals surface area contributed by atoms with Crippen molar-refractivity contribution in [3.05, 3.63) is 71.5 Å². The molecular formula is C26H26N4O4. The summed E-state index contributed by atoms with van der Waals surface area (Å²) >= 11 is 0. The van der Waals surface area contributed by atoms with Gasteiger partial charge in [0, 0.05) is 18.0 Å². The van der Waals surface area contributed by atoms with Gasteiger partial charge in [-0.05, 0) is 47.9 Å². The van der Waals surface area contributed by atoms with Gasteiger partial charge in [-0.1, -0.05) is 53.7 Å². The predicted molar refractivity (Wildman–Crippen MR) is 123 cm³/mol. The van der Waals surface area contributed by atoms with Crippen molar-refractivity contribution in [1.82, 2.24) is 20.3 Å². The first-order valence-electron chi connectivity index (χ1n) is 11.8. The number of carboxylic acids is 1. The molecule has 2 aromatic carbocycles. The zero-order chi connectivity index (χ0) is 23.2. The molecule has 8 heteroatoms. The summed E-state index contributed by atoms with van der Waals surface area (Å²) < 4.78 is 7.42. The Kier molecular flexibility index (Phi) is 5.08. The fourth-order valence-electron chi connectivity index (χ4n) is 5.47. The lowest BCUT2D eigenvalue weighted by atomic mass is 9.98. The molecule has 0 aliphatic heterocycles. The first-order chi connectivity index (χ1) is 16.6. The van der Waals surface area contributed by atoms with E-state index in [2.05, 4.69) is 39.9 Å². The molecule has 1 heterocycles. The Morgan fingerprint density at radius 2 is 1.71 bits per heavy atom. The molecule has 174 valence electrons. The highest BCUT2D eigenvalue weighted by atomic mass is 16.5. The summed E-state index contributed by atoms with van der Waals surface area (Å²) in [7, 11) is 0. The molecule has 3 aliphatic carbocycles. The summed E-state index contributed by atoms with van der Waals surface area (Å²) in [6, 6.07) is 15.7. The zero-order valence-corrected chi connectivity index (χ0v) is 18.6. The number of nitrogens with zero attached hydrogens (tertiary/aromatic N) is 3. The molecule has 3 atom stereocenters. The van der Waals surface area contributed by atoms with E-state index in [0.717, 1.165) is 29.7 Å². The minimum absolute atomic E-state index is 0.0271. The van der Waals surface area contributed by atoms with Crippen LogP contribution in [-0.2, 0) is 9.53 Å². The number of alkyl carbamates (subject to hydrolysis) is 1. The third kappa shape index (κ3) is 3.73. The number of hydrogen-bond donors (Lipinski definition) is 2. The Hall–Kier alpha value is -3.68. The van der Waals surface area contributed by atoms with Gasteiger partial charge in [0.1, 0.15) is 6.61 Å². The number of rotatable bonds is 6. The van der Waals surface area contributed by atoms with E-state index in [9.17, 15) is 14.7 Å². The molecule has 1 amide bonds. The van der Waals surface area contributed by atoms with E-state index in [1.807, 2.05) is 30.5 Å². The topological polar surface area (TPSA) is 106 Å². The summed E-state index contributed by atoms with van der Waals surface area (Å²) in [4.78, 5) is 24.5. The molecule has 2 N–H and O–H groups in total. The van der Waals surface area contributed by atoms with E-state index < -0.39 is 18.0 Å². The standard InChI is InChI=1S/C26H26N4O4/c31-25(32)16-11-22(24(12-16)30-13-23(28-29-30)15-9-10-15)27-26(33)34-14-21-19-7-3-1-5-17(19)18-6-2-4-8-20(18)21/h1-8,13,15-16,21-22,24H,9-12,14H2,(H,27,33)(H,31,32)/t16?,22-,24+/m1/s1. The number of fused-ring (bicyclic) bond motifs is 3. The molecule has 1 unspecified atom stereocenters. The van der Waals surface area contributed by atoms with Gasteiger partial charge < -0.3 is 15.2 Å². The van der Waals surface area contributed by atoms with Gasteiger partial charge in [0.15, 0.2) is 0 Å². The summed E-state index contributed by atoms with van der Waals surface area (Å²) in [6.07, 6.45) is 4.33. The highest BCUT2D eigenvalue weighted by Crippen LogP contribution is 2.44. The van der Waals surface area contributed by atoms with Gasteiger partial charge in [-0.15, -0.1) is 5.10 Å². The fraction of sp³-hybridized carbons (Fsp3) is 0.385. The van der Waals surface area contributed by atoms with Crippen molar-refractivity contribution >= 4 is 12.1 Å². The second kappa shape index (κ2) is 8.27. The van der Waals surface area contributed by atoms with E-state index >= 15 is 0 Å². The van der Waals surface area contributed by atoms with Crippen molar-refractivity contribution < 1.29 is 19.4 Å². The quantitative estimate of drug-likeness (QED) is 0.576. The van der Waals surface area contributed by atoms with Crippen LogP contribution in [0, 0.1) is 5.92 Å². The van der Waals surface area contributed by atoms with Crippen molar-refractivity contribution in [2.75, 3.05) is 6.61 Å². The first-order valence-corrected chi connectivity index (χ1v) is 11.8. The molecule has 0 radical (unpaired) electrons. The van der Waals surface area contributed by atoms with E-state index in [1.54, 1.807) is 4.68 Å². The summed E-state index contributed by atoms with van der Waals surface area (Å²) in [5, 5.41) is 21.0. The second-order valence-corrected chi connectivity index (χ2v) is 9.55. The maximum Gasteiger partial charge on any atom is 0.407 e. The van der Waals surface area contributed by atoms with Crippen molar-refractivity contribution in [2.45, 2.75) is 49.6 Å². The normalized spacial score (nSPS) is 23.4. The van der Waals surface area contributed by atoms with E-state index in [1.165, 1.54) is 11.1 Å². The Morgan fingerprint density at radius 1 is 1.03 bits per heavy atom. The Bertz CT molecular complexity index is 1210. The van der Waals surface area contributed by atoms with Crippen LogP contribution in [0.3, 0.4) is 0 Å². The molecule has 0 saturated heterocycles. The van der Waals surface area contributed by atoms with Crippen LogP contribution in [0.25, 0.3) is 11.1 Å². The summed E-state index contributed by atoms with van der Waals surface area (Å²) in [6.45, 7) is 0.217. The van der Waals surface area contributed by atoms with Gasteiger partial charge in [-0.2, -0.15) is 0 Å². The number of aliphatic carboxylic acids is 1. The maximum atomic E-state index is 12.8. The zero-order valence-electron chi connectivity index (χ0n) is 18.6. The van der Waals surface area contributed by atoms with Crippen LogP contribution in [0.1, 0.15) is 60.4 Å². The van der Waals surface area contributed by atoms with Gasteiger partial charge in [0.25, 0.3) is 0 Å². The number of ether oxygens (including phenoxy) is 1. The number of benzene rings is 2. The minimum Gasteiger partial charge on any atom is -0.481 e. The molecule has 0 spiro atoms. The molecule has 2 fully saturated rings. The SMILES string of the molecule is O=C(N[C@@H]1CC(C(=O)O)C[C@@H]1n1cc(C2CC2)nn1)OCC1c2ccccc2-c2ccccc21. The number of nitrogens with one attached hydrogen (secondary N) is 1. The third-order valence-corrected chi connectivity index (χ3v) is 7.39. The second-order valence-electron chi connectivity index (χ2n) is 9.55. The highest BCUT2D eigenvalue weighted by Gasteiger charge is 2.41. The van der Waals surface area contributed by atoms with E-state index in [-0.39, 0.29) is 24.6 Å². The first kappa shape index (κ1) is 20.9. The van der Waals surface area contributed by atoms with Crippen LogP contribution < -0.4 is 5.32 Å². The molecule has 1 aromatic heterocycles. The van der Waals surface area contributed by atoms with Crippen molar-refractivity contribution in [3.63, 3.8) is 0 Å². The molecule has 3 aliphatic rings. The Morgan fingerprint density at radius 3 is 2.35 bits per heavy atom. The number of carbonyl (C=O) groups is 2. The maximum absolute atomic E-state index is 12.8. The lowest BCUT2D eigenvalue weighted by molar-refractivity contribution is -0.141. The monoisotopic (exact) mass is 458 g/mol. The summed E-state index contributed by atoms with van der Waals surface area (Å²) in [5.74, 6) is -0.971. The predicted octanol–water partition coefficient (Wildman–Crippen LogP) is 4.10. The van der Waals surface area contributed by atoms with Gasteiger partial charge in [-0.25, -0.2) is 9.48 Å². The molecule has 34 heavy (non-hydrogen) atoms. The molecule has 6 rings (SSSR count). The number of carboxylic acid groups (broad SMARTS) is 1. The average molecular weight is 459 g/mol. The molecular weight excluding hydrogens is 432 g/mol. The lowest BCUT2D eigenvalue weighted by Gasteiger charge is -2.21. The van der Waals surface area contributed by atoms with Crippen molar-refractivity contribution in [1.29, 1.82) is 0 Å². The minimum atomic E-state index is -0.857. The number of carbonyl (C=O) groups excluding carboxylic acids is 1. The van der Waals surface area contributed by atoms with Crippen LogP contribution in [-0.4, -0.2) is 44.8 Å². The molecule has 8 nitrogen and oxygen atoms in total. The van der Waals surface area contributed by atoms with Gasteiger partial charge in [0.2, 0.25) is 0 Å². The van der Waals surface area contributed by atoms with E-state index in [4.69, 9.17) is 4.74 Å². The van der Waals surface area contributed by atoms with E-state index in [0.29, 0.717) is 18.8 Å². The van der Waals surface area contributed by atoms with Crippen LogP contribution in [0.4, 0.5) is 4.79 Å². The molecule has 3 aromatic rings. The van der Waals surface area contributed by atoms with Crippen LogP contribution in [0.2, 0.25) is 0 Å². The Labute approximate surface area is 196 Å². The van der Waals surface area contributed by atoms with Gasteiger partial charge >= 0.3 is 12.1 Å². The van der Waals surface area contributed by atoms with Crippen LogP contribution >= 0.6 is 0 Å². The highest BCUT2D eigenvalue weighted by molar-refractivity contribution is 5.79. The van der Waals surface area contributed by atoms with Gasteiger partial charge in [0.05, 0.1) is 23.7 Å². The Balaban J connectivity index is 1.16. The van der Waals surface area contributed by atoms with Gasteiger partial charge in [-0.3, -0.25) is 4.79 Å². The number of aromatic nitrogens is 3. The van der Waals surface area contributed by atoms with Crippen molar-refractivity contribution in [2.24, 2.45) is 5.92 Å². The number of amides is 1. The third-order valence-electron chi connectivity index (χ3n) is 7.39. The van der Waals surface area contributed by atoms with Crippen LogP contribution in [0.15, 0.2) is 54.7 Å². The molecule has 2 saturated carbocycles. The summed E-state index contributed by atoms with van der Waals surface area (Å²) in [5.41, 5.74) is 5.58.